The Balaban J connectivity index is 2.12. The summed E-state index contributed by atoms with van der Waals surface area (Å²) >= 11 is 0. The Kier molecular flexibility index (Phi) is 3.11. The molecule has 3 heteroatoms. The monoisotopic (exact) mass is 191 g/mol. The van der Waals surface area contributed by atoms with Gasteiger partial charge in [-0.3, -0.25) is 4.98 Å². The van der Waals surface area contributed by atoms with Crippen molar-refractivity contribution in [1.29, 1.82) is 0 Å². The quantitative estimate of drug-likeness (QED) is 0.747. The fourth-order valence-corrected chi connectivity index (χ4v) is 2.20. The van der Waals surface area contributed by atoms with Crippen LogP contribution in [0.3, 0.4) is 0 Å². The number of pyridine rings is 1. The van der Waals surface area contributed by atoms with Gasteiger partial charge in [-0.05, 0) is 44.1 Å². The summed E-state index contributed by atoms with van der Waals surface area (Å²) in [7, 11) is 2.02. The maximum Gasteiger partial charge on any atom is 0.0374 e. The number of hydrogen-bond donors (Lipinski definition) is 2. The van der Waals surface area contributed by atoms with E-state index in [2.05, 4.69) is 21.7 Å². The van der Waals surface area contributed by atoms with E-state index in [1.807, 2.05) is 25.5 Å². The van der Waals surface area contributed by atoms with Crippen LogP contribution >= 0.6 is 0 Å². The van der Waals surface area contributed by atoms with Crippen molar-refractivity contribution in [2.75, 3.05) is 20.1 Å². The lowest BCUT2D eigenvalue weighted by Gasteiger charge is -2.22. The lowest BCUT2D eigenvalue weighted by molar-refractivity contribution is 0.409. The van der Waals surface area contributed by atoms with Crippen molar-refractivity contribution in [3.05, 3.63) is 30.1 Å². The first-order chi connectivity index (χ1) is 6.92. The Morgan fingerprint density at radius 3 is 3.14 bits per heavy atom. The molecular formula is C11H17N3. The van der Waals surface area contributed by atoms with Crippen molar-refractivity contribution in [2.45, 2.75) is 12.5 Å². The van der Waals surface area contributed by atoms with Crippen molar-refractivity contribution in [3.8, 4) is 0 Å². The molecule has 76 valence electrons. The Morgan fingerprint density at radius 1 is 1.64 bits per heavy atom. The second-order valence-electron chi connectivity index (χ2n) is 3.81. The standard InChI is InChI=1S/C11H17N3/c1-12-11(10-4-6-14-8-10)9-3-2-5-13-7-9/h2-3,5,7,10-12,14H,4,6,8H2,1H3. The predicted octanol–water partition coefficient (Wildman–Crippen LogP) is 0.952. The fourth-order valence-electron chi connectivity index (χ4n) is 2.20. The maximum absolute atomic E-state index is 4.16. The Hall–Kier alpha value is -0.930. The van der Waals surface area contributed by atoms with Gasteiger partial charge in [0, 0.05) is 18.4 Å². The van der Waals surface area contributed by atoms with Crippen molar-refractivity contribution in [2.24, 2.45) is 5.92 Å². The van der Waals surface area contributed by atoms with Gasteiger partial charge < -0.3 is 10.6 Å². The van der Waals surface area contributed by atoms with Gasteiger partial charge >= 0.3 is 0 Å². The molecule has 2 unspecified atom stereocenters. The molecule has 0 bridgehead atoms. The van der Waals surface area contributed by atoms with E-state index in [1.165, 1.54) is 12.0 Å². The lowest BCUT2D eigenvalue weighted by atomic mass is 9.93. The molecule has 2 atom stereocenters. The highest BCUT2D eigenvalue weighted by Gasteiger charge is 2.24. The van der Waals surface area contributed by atoms with Crippen molar-refractivity contribution >= 4 is 0 Å². The molecular weight excluding hydrogens is 174 g/mol. The van der Waals surface area contributed by atoms with Gasteiger partial charge in [0.2, 0.25) is 0 Å². The summed E-state index contributed by atoms with van der Waals surface area (Å²) in [6.07, 6.45) is 5.03. The minimum Gasteiger partial charge on any atom is -0.316 e. The van der Waals surface area contributed by atoms with Crippen LogP contribution in [-0.4, -0.2) is 25.1 Å². The first-order valence-corrected chi connectivity index (χ1v) is 5.19. The molecule has 1 saturated heterocycles. The molecule has 0 aromatic carbocycles. The van der Waals surface area contributed by atoms with Gasteiger partial charge in [0.15, 0.2) is 0 Å². The Bertz CT molecular complexity index is 267. The number of hydrogen-bond acceptors (Lipinski definition) is 3. The third-order valence-corrected chi connectivity index (χ3v) is 2.92. The highest BCUT2D eigenvalue weighted by Crippen LogP contribution is 2.25. The van der Waals surface area contributed by atoms with Gasteiger partial charge in [-0.2, -0.15) is 0 Å². The molecule has 1 fully saturated rings. The Labute approximate surface area is 84.9 Å². The predicted molar refractivity (Wildman–Crippen MR) is 57.0 cm³/mol. The van der Waals surface area contributed by atoms with E-state index in [9.17, 15) is 0 Å². The lowest BCUT2D eigenvalue weighted by Crippen LogP contribution is -2.26. The van der Waals surface area contributed by atoms with Crippen LogP contribution in [0.15, 0.2) is 24.5 Å². The van der Waals surface area contributed by atoms with Crippen LogP contribution in [0.4, 0.5) is 0 Å². The number of aromatic nitrogens is 1. The zero-order valence-corrected chi connectivity index (χ0v) is 8.53. The summed E-state index contributed by atoms with van der Waals surface area (Å²) in [6.45, 7) is 2.25. The summed E-state index contributed by atoms with van der Waals surface area (Å²) in [5.41, 5.74) is 1.30. The average Bonchev–Trinajstić information content (AvgIpc) is 2.74. The van der Waals surface area contributed by atoms with E-state index in [0.717, 1.165) is 13.1 Å². The highest BCUT2D eigenvalue weighted by atomic mass is 15.0. The van der Waals surface area contributed by atoms with Crippen LogP contribution in [0, 0.1) is 5.92 Å². The minimum atomic E-state index is 0.443. The van der Waals surface area contributed by atoms with E-state index in [-0.39, 0.29) is 0 Å². The molecule has 1 aliphatic rings. The van der Waals surface area contributed by atoms with Crippen LogP contribution in [-0.2, 0) is 0 Å². The molecule has 0 aliphatic carbocycles. The van der Waals surface area contributed by atoms with Crippen molar-refractivity contribution in [3.63, 3.8) is 0 Å². The van der Waals surface area contributed by atoms with Crippen molar-refractivity contribution in [1.82, 2.24) is 15.6 Å². The smallest absolute Gasteiger partial charge is 0.0374 e. The summed E-state index contributed by atoms with van der Waals surface area (Å²) in [4.78, 5) is 4.16. The van der Waals surface area contributed by atoms with Crippen LogP contribution in [0.2, 0.25) is 0 Å². The molecule has 0 amide bonds. The van der Waals surface area contributed by atoms with Gasteiger partial charge in [-0.25, -0.2) is 0 Å². The van der Waals surface area contributed by atoms with Crippen LogP contribution in [0.5, 0.6) is 0 Å². The third-order valence-electron chi connectivity index (χ3n) is 2.92. The zero-order chi connectivity index (χ0) is 9.80. The van der Waals surface area contributed by atoms with Crippen molar-refractivity contribution < 1.29 is 0 Å². The highest BCUT2D eigenvalue weighted by molar-refractivity contribution is 5.15. The number of nitrogens with one attached hydrogen (secondary N) is 2. The van der Waals surface area contributed by atoms with E-state index in [0.29, 0.717) is 12.0 Å². The van der Waals surface area contributed by atoms with Crippen LogP contribution in [0.25, 0.3) is 0 Å². The minimum absolute atomic E-state index is 0.443. The summed E-state index contributed by atoms with van der Waals surface area (Å²) in [6, 6.07) is 4.59. The molecule has 0 spiro atoms. The fraction of sp³-hybridized carbons (Fsp3) is 0.545. The first-order valence-electron chi connectivity index (χ1n) is 5.19. The summed E-state index contributed by atoms with van der Waals surface area (Å²) in [5, 5.41) is 6.78. The van der Waals surface area contributed by atoms with Gasteiger partial charge in [-0.15, -0.1) is 0 Å². The van der Waals surface area contributed by atoms with Gasteiger partial charge in [0.1, 0.15) is 0 Å². The SMILES string of the molecule is CNC(c1cccnc1)C1CCNC1. The van der Waals surface area contributed by atoms with E-state index >= 15 is 0 Å². The molecule has 2 N–H and O–H groups in total. The first kappa shape index (κ1) is 9.62. The molecule has 3 nitrogen and oxygen atoms in total. The topological polar surface area (TPSA) is 37.0 Å². The zero-order valence-electron chi connectivity index (χ0n) is 8.53. The third kappa shape index (κ3) is 1.94. The summed E-state index contributed by atoms with van der Waals surface area (Å²) < 4.78 is 0. The largest absolute Gasteiger partial charge is 0.316 e. The molecule has 14 heavy (non-hydrogen) atoms. The van der Waals surface area contributed by atoms with Crippen LogP contribution in [0.1, 0.15) is 18.0 Å². The molecule has 0 radical (unpaired) electrons. The second kappa shape index (κ2) is 4.53. The molecule has 2 heterocycles. The van der Waals surface area contributed by atoms with E-state index in [1.54, 1.807) is 0 Å². The molecule has 1 aliphatic heterocycles. The molecule has 1 aromatic heterocycles. The molecule has 2 rings (SSSR count). The number of nitrogens with zero attached hydrogens (tertiary/aromatic N) is 1. The molecule has 0 saturated carbocycles. The number of rotatable bonds is 3. The summed E-state index contributed by atoms with van der Waals surface area (Å²) in [5.74, 6) is 0.698. The normalized spacial score (nSPS) is 23.6. The maximum atomic E-state index is 4.16. The second-order valence-corrected chi connectivity index (χ2v) is 3.81. The Morgan fingerprint density at radius 2 is 2.57 bits per heavy atom. The van der Waals surface area contributed by atoms with E-state index in [4.69, 9.17) is 0 Å². The van der Waals surface area contributed by atoms with Gasteiger partial charge in [0.25, 0.3) is 0 Å². The van der Waals surface area contributed by atoms with Gasteiger partial charge in [0.05, 0.1) is 0 Å². The van der Waals surface area contributed by atoms with Crippen LogP contribution < -0.4 is 10.6 Å². The van der Waals surface area contributed by atoms with E-state index < -0.39 is 0 Å². The molecule has 1 aromatic rings. The average molecular weight is 191 g/mol. The van der Waals surface area contributed by atoms with Gasteiger partial charge in [-0.1, -0.05) is 6.07 Å².